The Balaban J connectivity index is 1.51. The smallest absolute Gasteiger partial charge is 0.221 e. The van der Waals surface area contributed by atoms with Crippen LogP contribution < -0.4 is 5.32 Å². The van der Waals surface area contributed by atoms with Crippen molar-refractivity contribution in [1.82, 2.24) is 10.2 Å². The van der Waals surface area contributed by atoms with Gasteiger partial charge in [0.1, 0.15) is 0 Å². The third-order valence-corrected chi connectivity index (χ3v) is 3.91. The maximum absolute atomic E-state index is 11.8. The van der Waals surface area contributed by atoms with E-state index in [2.05, 4.69) is 34.5 Å². The van der Waals surface area contributed by atoms with Gasteiger partial charge in [-0.1, -0.05) is 36.8 Å². The van der Waals surface area contributed by atoms with Gasteiger partial charge in [0, 0.05) is 19.5 Å². The van der Waals surface area contributed by atoms with Gasteiger partial charge >= 0.3 is 0 Å². The Labute approximate surface area is 122 Å². The molecule has 0 spiro atoms. The van der Waals surface area contributed by atoms with Crippen LogP contribution in [0, 0.1) is 0 Å². The third-order valence-electron chi connectivity index (χ3n) is 3.91. The Morgan fingerprint density at radius 2 is 1.85 bits per heavy atom. The number of amides is 1. The second-order valence-corrected chi connectivity index (χ2v) is 5.59. The summed E-state index contributed by atoms with van der Waals surface area (Å²) >= 11 is 0. The highest BCUT2D eigenvalue weighted by Crippen LogP contribution is 2.08. The molecule has 1 aliphatic heterocycles. The monoisotopic (exact) mass is 274 g/mol. The fourth-order valence-electron chi connectivity index (χ4n) is 2.70. The van der Waals surface area contributed by atoms with E-state index in [9.17, 15) is 4.79 Å². The molecule has 0 unspecified atom stereocenters. The predicted octanol–water partition coefficient (Wildman–Crippen LogP) is 2.61. The van der Waals surface area contributed by atoms with E-state index in [0.29, 0.717) is 6.42 Å². The molecule has 0 radical (unpaired) electrons. The molecule has 0 atom stereocenters. The van der Waals surface area contributed by atoms with E-state index in [4.69, 9.17) is 0 Å². The van der Waals surface area contributed by atoms with Gasteiger partial charge in [0.2, 0.25) is 5.91 Å². The Kier molecular flexibility index (Phi) is 6.58. The Morgan fingerprint density at radius 1 is 1.10 bits per heavy atom. The maximum atomic E-state index is 11.8. The van der Waals surface area contributed by atoms with Crippen molar-refractivity contribution >= 4 is 5.91 Å². The number of benzene rings is 1. The molecule has 1 amide bonds. The van der Waals surface area contributed by atoms with E-state index in [1.54, 1.807) is 0 Å². The fourth-order valence-corrected chi connectivity index (χ4v) is 2.70. The number of rotatable bonds is 7. The van der Waals surface area contributed by atoms with Gasteiger partial charge in [-0.3, -0.25) is 4.79 Å². The second-order valence-electron chi connectivity index (χ2n) is 5.59. The van der Waals surface area contributed by atoms with Crippen LogP contribution in [0.4, 0.5) is 0 Å². The SMILES string of the molecule is O=C(CCN1CCCCC1)NCCCc1ccccc1. The van der Waals surface area contributed by atoms with Gasteiger partial charge < -0.3 is 10.2 Å². The molecule has 20 heavy (non-hydrogen) atoms. The molecule has 0 bridgehead atoms. The topological polar surface area (TPSA) is 32.3 Å². The molecule has 2 rings (SSSR count). The number of likely N-dealkylation sites (tertiary alicyclic amines) is 1. The average Bonchev–Trinajstić information content (AvgIpc) is 2.52. The number of piperidine rings is 1. The molecule has 0 aliphatic carbocycles. The van der Waals surface area contributed by atoms with E-state index < -0.39 is 0 Å². The maximum Gasteiger partial charge on any atom is 0.221 e. The minimum absolute atomic E-state index is 0.198. The summed E-state index contributed by atoms with van der Waals surface area (Å²) in [6, 6.07) is 10.4. The van der Waals surface area contributed by atoms with Gasteiger partial charge in [0.05, 0.1) is 0 Å². The van der Waals surface area contributed by atoms with Crippen LogP contribution in [-0.2, 0) is 11.2 Å². The molecule has 1 aromatic carbocycles. The molecule has 3 nitrogen and oxygen atoms in total. The third kappa shape index (κ3) is 5.74. The molecule has 110 valence electrons. The van der Waals surface area contributed by atoms with Gasteiger partial charge in [0.15, 0.2) is 0 Å². The van der Waals surface area contributed by atoms with Gasteiger partial charge in [-0.15, -0.1) is 0 Å². The lowest BCUT2D eigenvalue weighted by molar-refractivity contribution is -0.121. The lowest BCUT2D eigenvalue weighted by Gasteiger charge is -2.25. The molecule has 1 aromatic rings. The highest BCUT2D eigenvalue weighted by molar-refractivity contribution is 5.76. The molecule has 1 N–H and O–H groups in total. The van der Waals surface area contributed by atoms with Crippen molar-refractivity contribution in [2.45, 2.75) is 38.5 Å². The summed E-state index contributed by atoms with van der Waals surface area (Å²) in [5.41, 5.74) is 1.34. The molecule has 1 fully saturated rings. The number of carbonyl (C=O) groups excluding carboxylic acids is 1. The summed E-state index contributed by atoms with van der Waals surface area (Å²) in [5.74, 6) is 0.198. The predicted molar refractivity (Wildman–Crippen MR) is 82.7 cm³/mol. The average molecular weight is 274 g/mol. The first-order valence-corrected chi connectivity index (χ1v) is 7.87. The highest BCUT2D eigenvalue weighted by Gasteiger charge is 2.11. The summed E-state index contributed by atoms with van der Waals surface area (Å²) in [6.07, 6.45) is 6.62. The van der Waals surface area contributed by atoms with Crippen molar-refractivity contribution in [2.24, 2.45) is 0 Å². The van der Waals surface area contributed by atoms with E-state index in [1.807, 2.05) is 6.07 Å². The zero-order valence-corrected chi connectivity index (χ0v) is 12.3. The van der Waals surface area contributed by atoms with E-state index in [0.717, 1.165) is 25.9 Å². The number of nitrogens with one attached hydrogen (secondary N) is 1. The van der Waals surface area contributed by atoms with E-state index >= 15 is 0 Å². The molecule has 1 aliphatic rings. The normalized spacial score (nSPS) is 16.0. The zero-order chi connectivity index (χ0) is 14.0. The van der Waals surface area contributed by atoms with E-state index in [-0.39, 0.29) is 5.91 Å². The van der Waals surface area contributed by atoms with Crippen LogP contribution >= 0.6 is 0 Å². The van der Waals surface area contributed by atoms with Crippen LogP contribution in [0.25, 0.3) is 0 Å². The van der Waals surface area contributed by atoms with Gasteiger partial charge in [-0.25, -0.2) is 0 Å². The van der Waals surface area contributed by atoms with Crippen molar-refractivity contribution in [1.29, 1.82) is 0 Å². The molecule has 3 heteroatoms. The molecule has 1 saturated heterocycles. The lowest BCUT2D eigenvalue weighted by atomic mass is 10.1. The number of aryl methyl sites for hydroxylation is 1. The number of hydrogen-bond acceptors (Lipinski definition) is 2. The van der Waals surface area contributed by atoms with E-state index in [1.165, 1.54) is 37.9 Å². The molecular formula is C17H26N2O. The van der Waals surface area contributed by atoms with Crippen molar-refractivity contribution in [3.63, 3.8) is 0 Å². The summed E-state index contributed by atoms with van der Waals surface area (Å²) in [5, 5.41) is 3.03. The molecular weight excluding hydrogens is 248 g/mol. The van der Waals surface area contributed by atoms with Crippen molar-refractivity contribution in [3.8, 4) is 0 Å². The minimum Gasteiger partial charge on any atom is -0.356 e. The first-order valence-electron chi connectivity index (χ1n) is 7.87. The van der Waals surface area contributed by atoms with Crippen LogP contribution in [0.2, 0.25) is 0 Å². The molecule has 1 heterocycles. The minimum atomic E-state index is 0.198. The Bertz CT molecular complexity index is 385. The summed E-state index contributed by atoms with van der Waals surface area (Å²) in [4.78, 5) is 14.2. The van der Waals surface area contributed by atoms with Gasteiger partial charge in [-0.05, 0) is 44.3 Å². The standard InChI is InChI=1S/C17H26N2O/c20-17(11-15-19-13-5-2-6-14-19)18-12-7-10-16-8-3-1-4-9-16/h1,3-4,8-9H,2,5-7,10-15H2,(H,18,20). The molecule has 0 saturated carbocycles. The quantitative estimate of drug-likeness (QED) is 0.775. The fraction of sp³-hybridized carbons (Fsp3) is 0.588. The van der Waals surface area contributed by atoms with Crippen molar-refractivity contribution in [2.75, 3.05) is 26.2 Å². The van der Waals surface area contributed by atoms with Crippen LogP contribution in [-0.4, -0.2) is 37.0 Å². The highest BCUT2D eigenvalue weighted by atomic mass is 16.1. The van der Waals surface area contributed by atoms with Crippen LogP contribution in [0.5, 0.6) is 0 Å². The van der Waals surface area contributed by atoms with Crippen LogP contribution in [0.3, 0.4) is 0 Å². The largest absolute Gasteiger partial charge is 0.356 e. The summed E-state index contributed by atoms with van der Waals surface area (Å²) < 4.78 is 0. The van der Waals surface area contributed by atoms with Crippen LogP contribution in [0.15, 0.2) is 30.3 Å². The lowest BCUT2D eigenvalue weighted by Crippen LogP contribution is -2.34. The summed E-state index contributed by atoms with van der Waals surface area (Å²) in [7, 11) is 0. The number of nitrogens with zero attached hydrogens (tertiary/aromatic N) is 1. The number of carbonyl (C=O) groups is 1. The number of hydrogen-bond donors (Lipinski definition) is 1. The Morgan fingerprint density at radius 3 is 2.60 bits per heavy atom. The van der Waals surface area contributed by atoms with Gasteiger partial charge in [-0.2, -0.15) is 0 Å². The van der Waals surface area contributed by atoms with Crippen molar-refractivity contribution in [3.05, 3.63) is 35.9 Å². The Hall–Kier alpha value is -1.35. The van der Waals surface area contributed by atoms with Crippen LogP contribution in [0.1, 0.15) is 37.7 Å². The zero-order valence-electron chi connectivity index (χ0n) is 12.3. The molecule has 0 aromatic heterocycles. The van der Waals surface area contributed by atoms with Gasteiger partial charge in [0.25, 0.3) is 0 Å². The summed E-state index contributed by atoms with van der Waals surface area (Å²) in [6.45, 7) is 4.04. The first kappa shape index (κ1) is 15.0. The first-order chi connectivity index (χ1) is 9.84. The van der Waals surface area contributed by atoms with Crippen molar-refractivity contribution < 1.29 is 4.79 Å². The second kappa shape index (κ2) is 8.75.